The van der Waals surface area contributed by atoms with Crippen molar-refractivity contribution in [2.75, 3.05) is 19.7 Å². The van der Waals surface area contributed by atoms with Gasteiger partial charge in [-0.15, -0.1) is 10.8 Å². The van der Waals surface area contributed by atoms with Crippen LogP contribution in [0.1, 0.15) is 38.5 Å². The summed E-state index contributed by atoms with van der Waals surface area (Å²) in [7, 11) is 0. The summed E-state index contributed by atoms with van der Waals surface area (Å²) in [6.45, 7) is 3.25. The van der Waals surface area contributed by atoms with E-state index in [4.69, 9.17) is 10.5 Å². The van der Waals surface area contributed by atoms with Gasteiger partial charge in [0, 0.05) is 35.7 Å². The lowest BCUT2D eigenvalue weighted by Crippen LogP contribution is -2.48. The molecule has 1 fully saturated rings. The number of nitrogens with zero attached hydrogens (tertiary/aromatic N) is 3. The second-order valence-electron chi connectivity index (χ2n) is 8.27. The number of benzene rings is 2. The third-order valence-electron chi connectivity index (χ3n) is 5.89. The molecule has 1 aromatic heterocycles. The number of ether oxygens (including phenoxy) is 1. The van der Waals surface area contributed by atoms with E-state index in [-0.39, 0.29) is 24.2 Å². The highest BCUT2D eigenvalue weighted by Crippen LogP contribution is 2.33. The number of carbonyl (C=O) groups excluding carboxylic acids is 1. The molecule has 4 rings (SSSR count). The first kappa shape index (κ1) is 22.8. The summed E-state index contributed by atoms with van der Waals surface area (Å²) in [6, 6.07) is 13.0. The Morgan fingerprint density at radius 3 is 2.52 bits per heavy atom. The number of aromatic nitrogens is 2. The molecule has 9 heteroatoms. The van der Waals surface area contributed by atoms with Crippen LogP contribution in [0.4, 0.5) is 13.2 Å². The molecule has 33 heavy (non-hydrogen) atoms. The highest BCUT2D eigenvalue weighted by Gasteiger charge is 2.33. The SMILES string of the molecule is Cc1ccc(C(=O)N2CC(c3ccc(C[N])cc3)C2)cc1-c1[nH]nc(OCC(F)(F)F)c1C. The van der Waals surface area contributed by atoms with Crippen molar-refractivity contribution < 1.29 is 22.7 Å². The van der Waals surface area contributed by atoms with Crippen LogP contribution in [-0.4, -0.2) is 46.9 Å². The van der Waals surface area contributed by atoms with Gasteiger partial charge in [0.2, 0.25) is 5.88 Å². The number of hydrogen-bond acceptors (Lipinski definition) is 3. The number of halogens is 3. The van der Waals surface area contributed by atoms with Crippen LogP contribution in [0.15, 0.2) is 42.5 Å². The van der Waals surface area contributed by atoms with Crippen LogP contribution in [-0.2, 0) is 6.54 Å². The molecule has 0 aliphatic carbocycles. The second-order valence-corrected chi connectivity index (χ2v) is 8.27. The Hall–Kier alpha value is -3.33. The van der Waals surface area contributed by atoms with Gasteiger partial charge in [0.25, 0.3) is 5.91 Å². The standard InChI is InChI=1S/C24H23F3N4O2/c1-14-3-6-18(9-20(14)21-15(2)22(30-29-21)33-13-24(25,26)27)23(32)31-11-19(12-31)17-7-4-16(10-28)5-8-17/h3-9,19H,10-13H2,1-2H3,(H,29,30). The van der Waals surface area contributed by atoms with E-state index in [9.17, 15) is 18.0 Å². The summed E-state index contributed by atoms with van der Waals surface area (Å²) >= 11 is 0. The van der Waals surface area contributed by atoms with E-state index < -0.39 is 12.8 Å². The molecule has 1 aliphatic heterocycles. The Morgan fingerprint density at radius 1 is 1.18 bits per heavy atom. The zero-order chi connectivity index (χ0) is 23.8. The van der Waals surface area contributed by atoms with E-state index in [1.165, 1.54) is 0 Å². The first-order valence-electron chi connectivity index (χ1n) is 10.5. The van der Waals surface area contributed by atoms with Crippen LogP contribution in [0.2, 0.25) is 0 Å². The molecule has 1 aliphatic rings. The Labute approximate surface area is 189 Å². The molecule has 172 valence electrons. The molecule has 1 N–H and O–H groups in total. The zero-order valence-electron chi connectivity index (χ0n) is 18.2. The summed E-state index contributed by atoms with van der Waals surface area (Å²) in [6.07, 6.45) is -4.45. The molecule has 2 heterocycles. The first-order valence-corrected chi connectivity index (χ1v) is 10.5. The number of rotatable bonds is 6. The average molecular weight is 456 g/mol. The van der Waals surface area contributed by atoms with Crippen LogP contribution >= 0.6 is 0 Å². The number of amides is 1. The second kappa shape index (κ2) is 8.90. The third-order valence-corrected chi connectivity index (χ3v) is 5.89. The molecule has 0 bridgehead atoms. The van der Waals surface area contributed by atoms with Crippen molar-refractivity contribution in [3.8, 4) is 17.1 Å². The van der Waals surface area contributed by atoms with Gasteiger partial charge in [-0.3, -0.25) is 9.89 Å². The number of hydrogen-bond donors (Lipinski definition) is 1. The Bertz CT molecular complexity index is 1150. The third kappa shape index (κ3) is 4.88. The lowest BCUT2D eigenvalue weighted by Gasteiger charge is -2.39. The number of nitrogens with one attached hydrogen (secondary N) is 1. The zero-order valence-corrected chi connectivity index (χ0v) is 18.2. The first-order chi connectivity index (χ1) is 15.7. The van der Waals surface area contributed by atoms with Gasteiger partial charge in [-0.2, -0.15) is 13.2 Å². The lowest BCUT2D eigenvalue weighted by molar-refractivity contribution is -0.154. The molecule has 0 saturated carbocycles. The van der Waals surface area contributed by atoms with E-state index in [1.54, 1.807) is 24.0 Å². The van der Waals surface area contributed by atoms with Gasteiger partial charge in [-0.05, 0) is 42.7 Å². The molecule has 2 aromatic carbocycles. The molecule has 0 spiro atoms. The van der Waals surface area contributed by atoms with Crippen molar-refractivity contribution in [3.05, 3.63) is 70.3 Å². The molecule has 1 saturated heterocycles. The van der Waals surface area contributed by atoms with Crippen molar-refractivity contribution in [1.29, 1.82) is 0 Å². The van der Waals surface area contributed by atoms with E-state index in [2.05, 4.69) is 10.2 Å². The Balaban J connectivity index is 1.47. The predicted molar refractivity (Wildman–Crippen MR) is 116 cm³/mol. The minimum absolute atomic E-state index is 0.00291. The predicted octanol–water partition coefficient (Wildman–Crippen LogP) is 4.44. The van der Waals surface area contributed by atoms with Crippen molar-refractivity contribution in [3.63, 3.8) is 0 Å². The van der Waals surface area contributed by atoms with Crippen LogP contribution in [0, 0.1) is 13.8 Å². The van der Waals surface area contributed by atoms with E-state index in [0.717, 1.165) is 16.7 Å². The van der Waals surface area contributed by atoms with Gasteiger partial charge < -0.3 is 9.64 Å². The van der Waals surface area contributed by atoms with Gasteiger partial charge in [-0.1, -0.05) is 30.3 Å². The van der Waals surface area contributed by atoms with Gasteiger partial charge >= 0.3 is 6.18 Å². The highest BCUT2D eigenvalue weighted by atomic mass is 19.4. The lowest BCUT2D eigenvalue weighted by atomic mass is 9.90. The molecule has 0 unspecified atom stereocenters. The van der Waals surface area contributed by atoms with Gasteiger partial charge in [-0.25, -0.2) is 0 Å². The minimum atomic E-state index is -4.45. The van der Waals surface area contributed by atoms with Gasteiger partial charge in [0.05, 0.1) is 12.2 Å². The van der Waals surface area contributed by atoms with Gasteiger partial charge in [0.1, 0.15) is 0 Å². The molecule has 0 atom stereocenters. The average Bonchev–Trinajstić information content (AvgIpc) is 3.11. The summed E-state index contributed by atoms with van der Waals surface area (Å²) in [5.41, 5.74) is 14.1. The smallest absolute Gasteiger partial charge is 0.422 e. The Kier molecular flexibility index (Phi) is 6.16. The summed E-state index contributed by atoms with van der Waals surface area (Å²) < 4.78 is 42.2. The highest BCUT2D eigenvalue weighted by molar-refractivity contribution is 5.96. The minimum Gasteiger partial charge on any atom is -0.467 e. The number of carbonyl (C=O) groups is 1. The molecule has 3 aromatic rings. The summed E-state index contributed by atoms with van der Waals surface area (Å²) in [4.78, 5) is 14.8. The van der Waals surface area contributed by atoms with Crippen molar-refractivity contribution in [2.24, 2.45) is 0 Å². The summed E-state index contributed by atoms with van der Waals surface area (Å²) in [5, 5.41) is 6.61. The molecule has 6 nitrogen and oxygen atoms in total. The van der Waals surface area contributed by atoms with Gasteiger partial charge in [0.15, 0.2) is 6.61 Å². The van der Waals surface area contributed by atoms with Crippen molar-refractivity contribution in [1.82, 2.24) is 20.8 Å². The topological polar surface area (TPSA) is 80.5 Å². The monoisotopic (exact) mass is 456 g/mol. The van der Waals surface area contributed by atoms with Crippen LogP contribution in [0.25, 0.3) is 11.3 Å². The van der Waals surface area contributed by atoms with E-state index in [1.807, 2.05) is 37.3 Å². The quantitative estimate of drug-likeness (QED) is 0.595. The molecular weight excluding hydrogens is 433 g/mol. The fraction of sp³-hybridized carbons (Fsp3) is 0.333. The van der Waals surface area contributed by atoms with Crippen LogP contribution in [0.3, 0.4) is 0 Å². The summed E-state index contributed by atoms with van der Waals surface area (Å²) in [5.74, 6) is 0.0243. The maximum atomic E-state index is 13.0. The number of likely N-dealkylation sites (tertiary alicyclic amines) is 1. The largest absolute Gasteiger partial charge is 0.467 e. The number of aryl methyl sites for hydroxylation is 1. The normalized spacial score (nSPS) is 14.3. The number of H-pyrrole nitrogens is 1. The molecular formula is C24H23F3N4O2. The number of alkyl halides is 3. The maximum Gasteiger partial charge on any atom is 0.422 e. The Morgan fingerprint density at radius 2 is 1.88 bits per heavy atom. The van der Waals surface area contributed by atoms with E-state index >= 15 is 0 Å². The van der Waals surface area contributed by atoms with Crippen LogP contribution < -0.4 is 10.5 Å². The maximum absolute atomic E-state index is 13.0. The van der Waals surface area contributed by atoms with Crippen molar-refractivity contribution >= 4 is 5.91 Å². The fourth-order valence-electron chi connectivity index (χ4n) is 3.89. The molecule has 1 amide bonds. The fourth-order valence-corrected chi connectivity index (χ4v) is 3.89. The van der Waals surface area contributed by atoms with E-state index in [0.29, 0.717) is 35.5 Å². The van der Waals surface area contributed by atoms with Crippen molar-refractivity contribution in [2.45, 2.75) is 32.5 Å². The number of aromatic amines is 1. The van der Waals surface area contributed by atoms with Crippen LogP contribution in [0.5, 0.6) is 5.88 Å². The molecule has 2 radical (unpaired) electrons.